The van der Waals surface area contributed by atoms with Crippen molar-refractivity contribution in [1.29, 1.82) is 5.26 Å². The van der Waals surface area contributed by atoms with Gasteiger partial charge in [0.15, 0.2) is 11.5 Å². The molecule has 0 aromatic heterocycles. The summed E-state index contributed by atoms with van der Waals surface area (Å²) in [5.74, 6) is -1.18. The van der Waals surface area contributed by atoms with Gasteiger partial charge in [0.05, 0.1) is 17.4 Å². The first-order chi connectivity index (χ1) is 12.0. The van der Waals surface area contributed by atoms with Crippen LogP contribution >= 0.6 is 0 Å². The summed E-state index contributed by atoms with van der Waals surface area (Å²) in [7, 11) is 0. The fourth-order valence-corrected chi connectivity index (χ4v) is 3.48. The molecule has 8 heteroatoms. The van der Waals surface area contributed by atoms with E-state index in [-0.39, 0.29) is 30.5 Å². The van der Waals surface area contributed by atoms with Crippen molar-refractivity contribution in [1.82, 2.24) is 0 Å². The molecule has 3 rings (SSSR count). The smallest absolute Gasteiger partial charge is 0.387 e. The zero-order chi connectivity index (χ0) is 18.0. The maximum absolute atomic E-state index is 12.6. The van der Waals surface area contributed by atoms with Crippen LogP contribution in [0.1, 0.15) is 31.2 Å². The van der Waals surface area contributed by atoms with Crippen LogP contribution in [-0.2, 0) is 10.2 Å². The number of hydrogen-bond donors (Lipinski definition) is 1. The van der Waals surface area contributed by atoms with E-state index < -0.39 is 23.9 Å². The fraction of sp³-hybridized carbons (Fsp3) is 0.529. The lowest BCUT2D eigenvalue weighted by atomic mass is 9.67. The molecule has 1 N–H and O–H groups in total. The molecule has 1 aromatic carbocycles. The van der Waals surface area contributed by atoms with Crippen molar-refractivity contribution in [2.75, 3.05) is 13.2 Å². The maximum Gasteiger partial charge on any atom is 0.387 e. The van der Waals surface area contributed by atoms with E-state index in [0.29, 0.717) is 31.2 Å². The van der Waals surface area contributed by atoms with E-state index in [1.807, 2.05) is 0 Å². The topological polar surface area (TPSA) is 88.8 Å². The summed E-state index contributed by atoms with van der Waals surface area (Å²) in [6.07, 6.45) is 1.44. The van der Waals surface area contributed by atoms with Gasteiger partial charge >= 0.3 is 12.6 Å². The number of carboxylic acid groups (broad SMARTS) is 1. The van der Waals surface area contributed by atoms with Crippen molar-refractivity contribution in [2.45, 2.75) is 37.7 Å². The molecule has 0 amide bonds. The lowest BCUT2D eigenvalue weighted by Crippen LogP contribution is -2.34. The van der Waals surface area contributed by atoms with Gasteiger partial charge in [-0.2, -0.15) is 14.0 Å². The van der Waals surface area contributed by atoms with Gasteiger partial charge in [-0.05, 0) is 37.8 Å². The second-order valence-electron chi connectivity index (χ2n) is 6.15. The van der Waals surface area contributed by atoms with Crippen molar-refractivity contribution >= 4 is 5.97 Å². The van der Waals surface area contributed by atoms with Gasteiger partial charge in [-0.1, -0.05) is 0 Å². The summed E-state index contributed by atoms with van der Waals surface area (Å²) in [6.45, 7) is -2.58. The lowest BCUT2D eigenvalue weighted by molar-refractivity contribution is -0.143. The van der Waals surface area contributed by atoms with E-state index in [2.05, 4.69) is 10.8 Å². The Morgan fingerprint density at radius 1 is 1.28 bits per heavy atom. The standard InChI is InChI=1S/C17H17F2NO5/c18-16(19)25-12-2-1-11(13-14(12)24-8-7-23-13)17(9-20)5-3-10(4-6-17)15(21)22/h1-2,10,16H,3-8H2,(H,21,22). The second-order valence-corrected chi connectivity index (χ2v) is 6.15. The van der Waals surface area contributed by atoms with Gasteiger partial charge in [-0.25, -0.2) is 0 Å². The van der Waals surface area contributed by atoms with Crippen molar-refractivity contribution in [3.05, 3.63) is 17.7 Å². The first-order valence-electron chi connectivity index (χ1n) is 7.99. The Hall–Kier alpha value is -2.56. The van der Waals surface area contributed by atoms with Crippen LogP contribution in [0, 0.1) is 17.2 Å². The summed E-state index contributed by atoms with van der Waals surface area (Å²) in [6, 6.07) is 5.17. The molecule has 1 aliphatic heterocycles. The van der Waals surface area contributed by atoms with Crippen LogP contribution in [-0.4, -0.2) is 30.9 Å². The molecule has 0 saturated heterocycles. The maximum atomic E-state index is 12.6. The minimum absolute atomic E-state index is 0.0685. The van der Waals surface area contributed by atoms with Gasteiger partial charge in [0.2, 0.25) is 5.75 Å². The predicted octanol–water partition coefficient (Wildman–Crippen LogP) is 3.10. The summed E-state index contributed by atoms with van der Waals surface area (Å²) >= 11 is 0. The molecule has 0 unspecified atom stereocenters. The molecule has 0 spiro atoms. The van der Waals surface area contributed by atoms with Gasteiger partial charge < -0.3 is 19.3 Å². The Balaban J connectivity index is 1.99. The first-order valence-corrected chi connectivity index (χ1v) is 7.99. The van der Waals surface area contributed by atoms with Crippen molar-refractivity contribution < 1.29 is 32.9 Å². The summed E-state index contributed by atoms with van der Waals surface area (Å²) < 4.78 is 40.7. The fourth-order valence-electron chi connectivity index (χ4n) is 3.48. The zero-order valence-corrected chi connectivity index (χ0v) is 13.3. The largest absolute Gasteiger partial charge is 0.486 e. The van der Waals surface area contributed by atoms with E-state index in [1.54, 1.807) is 0 Å². The highest BCUT2D eigenvalue weighted by Gasteiger charge is 2.42. The third-order valence-corrected chi connectivity index (χ3v) is 4.79. The van der Waals surface area contributed by atoms with E-state index >= 15 is 0 Å². The third kappa shape index (κ3) is 3.18. The molecule has 2 aliphatic rings. The second kappa shape index (κ2) is 6.75. The Bertz CT molecular complexity index is 708. The number of benzene rings is 1. The highest BCUT2D eigenvalue weighted by molar-refractivity contribution is 5.70. The number of carboxylic acids is 1. The Labute approximate surface area is 142 Å². The quantitative estimate of drug-likeness (QED) is 0.895. The highest BCUT2D eigenvalue weighted by atomic mass is 19.3. The summed E-state index contributed by atoms with van der Waals surface area (Å²) in [5, 5.41) is 18.9. The van der Waals surface area contributed by atoms with Crippen molar-refractivity contribution in [2.24, 2.45) is 5.92 Å². The number of halogens is 2. The lowest BCUT2D eigenvalue weighted by Gasteiger charge is -2.36. The Morgan fingerprint density at radius 3 is 2.48 bits per heavy atom. The molecule has 1 aromatic rings. The number of hydrogen-bond acceptors (Lipinski definition) is 5. The van der Waals surface area contributed by atoms with Crippen LogP contribution in [0.15, 0.2) is 12.1 Å². The van der Waals surface area contributed by atoms with Gasteiger partial charge in [0.25, 0.3) is 0 Å². The first kappa shape index (κ1) is 17.3. The molecule has 1 saturated carbocycles. The van der Waals surface area contributed by atoms with E-state index in [9.17, 15) is 18.8 Å². The minimum Gasteiger partial charge on any atom is -0.486 e. The number of fused-ring (bicyclic) bond motifs is 1. The SMILES string of the molecule is N#CC1(c2ccc(OC(F)F)c3c2OCCO3)CCC(C(=O)O)CC1. The monoisotopic (exact) mass is 353 g/mol. The number of aliphatic carboxylic acids is 1. The Morgan fingerprint density at radius 2 is 1.92 bits per heavy atom. The van der Waals surface area contributed by atoms with Crippen LogP contribution in [0.2, 0.25) is 0 Å². The minimum atomic E-state index is -3.00. The van der Waals surface area contributed by atoms with E-state index in [4.69, 9.17) is 14.6 Å². The molecule has 0 atom stereocenters. The summed E-state index contributed by atoms with van der Waals surface area (Å²) in [4.78, 5) is 11.2. The van der Waals surface area contributed by atoms with Crippen LogP contribution < -0.4 is 14.2 Å². The van der Waals surface area contributed by atoms with E-state index in [1.165, 1.54) is 12.1 Å². The third-order valence-electron chi connectivity index (χ3n) is 4.79. The Kier molecular flexibility index (Phi) is 4.66. The number of rotatable bonds is 4. The summed E-state index contributed by atoms with van der Waals surface area (Å²) in [5.41, 5.74) is -0.393. The van der Waals surface area contributed by atoms with Crippen LogP contribution in [0.5, 0.6) is 17.2 Å². The molecule has 1 aliphatic carbocycles. The van der Waals surface area contributed by atoms with Gasteiger partial charge in [-0.3, -0.25) is 4.79 Å². The average molecular weight is 353 g/mol. The number of carbonyl (C=O) groups is 1. The van der Waals surface area contributed by atoms with E-state index in [0.717, 1.165) is 0 Å². The number of alkyl halides is 2. The van der Waals surface area contributed by atoms with Crippen LogP contribution in [0.4, 0.5) is 8.78 Å². The van der Waals surface area contributed by atoms with Crippen molar-refractivity contribution in [3.63, 3.8) is 0 Å². The molecule has 134 valence electrons. The molecule has 25 heavy (non-hydrogen) atoms. The van der Waals surface area contributed by atoms with Crippen LogP contribution in [0.3, 0.4) is 0 Å². The van der Waals surface area contributed by atoms with Gasteiger partial charge in [0, 0.05) is 5.56 Å². The highest BCUT2D eigenvalue weighted by Crippen LogP contribution is 2.51. The molecule has 1 fully saturated rings. The van der Waals surface area contributed by atoms with Crippen molar-refractivity contribution in [3.8, 4) is 23.3 Å². The molecular formula is C17H17F2NO5. The predicted molar refractivity (Wildman–Crippen MR) is 80.9 cm³/mol. The molecule has 1 heterocycles. The molecular weight excluding hydrogens is 336 g/mol. The molecule has 0 radical (unpaired) electrons. The van der Waals surface area contributed by atoms with Crippen LogP contribution in [0.25, 0.3) is 0 Å². The molecule has 6 nitrogen and oxygen atoms in total. The van der Waals surface area contributed by atoms with Gasteiger partial charge in [0.1, 0.15) is 13.2 Å². The number of ether oxygens (including phenoxy) is 3. The normalized spacial score (nSPS) is 25.3. The number of nitriles is 1. The zero-order valence-electron chi connectivity index (χ0n) is 13.3. The molecule has 0 bridgehead atoms. The van der Waals surface area contributed by atoms with Gasteiger partial charge in [-0.15, -0.1) is 0 Å². The number of nitrogens with zero attached hydrogens (tertiary/aromatic N) is 1. The average Bonchev–Trinajstić information content (AvgIpc) is 2.61.